The second-order valence-corrected chi connectivity index (χ2v) is 4.47. The number of nitrogens with one attached hydrogen (secondary N) is 1. The van der Waals surface area contributed by atoms with Crippen LogP contribution in [0.5, 0.6) is 0 Å². The summed E-state index contributed by atoms with van der Waals surface area (Å²) in [5.74, 6) is 1.04. The lowest BCUT2D eigenvalue weighted by Gasteiger charge is -2.17. The van der Waals surface area contributed by atoms with E-state index in [0.29, 0.717) is 11.9 Å². The average molecular weight is 278 g/mol. The van der Waals surface area contributed by atoms with Crippen molar-refractivity contribution < 1.29 is 0 Å². The van der Waals surface area contributed by atoms with Gasteiger partial charge < -0.3 is 10.2 Å². The molecule has 0 aliphatic rings. The van der Waals surface area contributed by atoms with Crippen LogP contribution in [0.1, 0.15) is 5.56 Å². The van der Waals surface area contributed by atoms with E-state index in [1.165, 1.54) is 5.56 Å². The minimum atomic E-state index is 0.195. The SMILES string of the molecule is CNc1nc(Cl)nc(N(C)CCc2ccccc2)n1. The molecule has 1 N–H and O–H groups in total. The molecule has 1 heterocycles. The number of rotatable bonds is 5. The van der Waals surface area contributed by atoms with Crippen molar-refractivity contribution >= 4 is 23.5 Å². The lowest BCUT2D eigenvalue weighted by atomic mass is 10.1. The summed E-state index contributed by atoms with van der Waals surface area (Å²) in [6.07, 6.45) is 0.926. The first-order chi connectivity index (χ1) is 9.19. The predicted octanol–water partition coefficient (Wildman–Crippen LogP) is 2.25. The van der Waals surface area contributed by atoms with E-state index in [1.54, 1.807) is 7.05 Å². The summed E-state index contributed by atoms with van der Waals surface area (Å²) in [5.41, 5.74) is 1.28. The van der Waals surface area contributed by atoms with E-state index in [0.717, 1.165) is 13.0 Å². The Balaban J connectivity index is 2.03. The smallest absolute Gasteiger partial charge is 0.231 e. The molecule has 1 aromatic carbocycles. The number of benzene rings is 1. The third-order valence-electron chi connectivity index (χ3n) is 2.74. The van der Waals surface area contributed by atoms with Crippen LogP contribution in [0.15, 0.2) is 30.3 Å². The fourth-order valence-corrected chi connectivity index (χ4v) is 1.82. The maximum absolute atomic E-state index is 5.86. The van der Waals surface area contributed by atoms with Crippen LogP contribution in [0.2, 0.25) is 5.28 Å². The van der Waals surface area contributed by atoms with Gasteiger partial charge in [0, 0.05) is 20.6 Å². The Kier molecular flexibility index (Phi) is 4.52. The molecule has 2 rings (SSSR count). The van der Waals surface area contributed by atoms with E-state index < -0.39 is 0 Å². The molecule has 5 nitrogen and oxygen atoms in total. The molecular formula is C13H16ClN5. The number of hydrogen-bond donors (Lipinski definition) is 1. The summed E-state index contributed by atoms with van der Waals surface area (Å²) in [5, 5.41) is 3.06. The van der Waals surface area contributed by atoms with E-state index in [1.807, 2.05) is 30.1 Å². The van der Waals surface area contributed by atoms with Crippen molar-refractivity contribution in [1.29, 1.82) is 0 Å². The predicted molar refractivity (Wildman–Crippen MR) is 77.8 cm³/mol. The maximum Gasteiger partial charge on any atom is 0.231 e. The van der Waals surface area contributed by atoms with E-state index in [-0.39, 0.29) is 5.28 Å². The van der Waals surface area contributed by atoms with Gasteiger partial charge in [-0.1, -0.05) is 30.3 Å². The lowest BCUT2D eigenvalue weighted by Crippen LogP contribution is -2.23. The molecule has 19 heavy (non-hydrogen) atoms. The number of hydrogen-bond acceptors (Lipinski definition) is 5. The zero-order chi connectivity index (χ0) is 13.7. The number of anilines is 2. The van der Waals surface area contributed by atoms with E-state index in [9.17, 15) is 0 Å². The second kappa shape index (κ2) is 6.33. The highest BCUT2D eigenvalue weighted by atomic mass is 35.5. The Hall–Kier alpha value is -1.88. The molecule has 0 aliphatic carbocycles. The molecule has 6 heteroatoms. The van der Waals surface area contributed by atoms with Crippen LogP contribution >= 0.6 is 11.6 Å². The van der Waals surface area contributed by atoms with Crippen molar-refractivity contribution in [2.24, 2.45) is 0 Å². The van der Waals surface area contributed by atoms with Crippen molar-refractivity contribution in [3.05, 3.63) is 41.2 Å². The highest BCUT2D eigenvalue weighted by Crippen LogP contribution is 2.12. The van der Waals surface area contributed by atoms with Gasteiger partial charge in [0.15, 0.2) is 0 Å². The Bertz CT molecular complexity index is 532. The van der Waals surface area contributed by atoms with Crippen molar-refractivity contribution in [3.8, 4) is 0 Å². The molecule has 0 atom stereocenters. The Labute approximate surface area is 117 Å². The number of aromatic nitrogens is 3. The molecule has 0 amide bonds. The third-order valence-corrected chi connectivity index (χ3v) is 2.91. The molecule has 0 radical (unpaired) electrons. The zero-order valence-corrected chi connectivity index (χ0v) is 11.7. The highest BCUT2D eigenvalue weighted by molar-refractivity contribution is 6.28. The minimum absolute atomic E-state index is 0.195. The molecular weight excluding hydrogens is 262 g/mol. The number of halogens is 1. The molecule has 0 unspecified atom stereocenters. The van der Waals surface area contributed by atoms with Gasteiger partial charge in [-0.3, -0.25) is 0 Å². The summed E-state index contributed by atoms with van der Waals surface area (Å²) in [7, 11) is 3.69. The molecule has 1 aromatic heterocycles. The van der Waals surface area contributed by atoms with Gasteiger partial charge in [0.25, 0.3) is 0 Å². The van der Waals surface area contributed by atoms with Gasteiger partial charge in [-0.15, -0.1) is 0 Å². The van der Waals surface area contributed by atoms with Gasteiger partial charge in [-0.2, -0.15) is 15.0 Å². The van der Waals surface area contributed by atoms with Gasteiger partial charge in [0.2, 0.25) is 17.2 Å². The summed E-state index contributed by atoms with van der Waals surface area (Å²) >= 11 is 5.86. The Morgan fingerprint density at radius 2 is 1.89 bits per heavy atom. The van der Waals surface area contributed by atoms with Crippen molar-refractivity contribution in [2.75, 3.05) is 30.9 Å². The standard InChI is InChI=1S/C13H16ClN5/c1-15-12-16-11(14)17-13(18-12)19(2)9-8-10-6-4-3-5-7-10/h3-7H,8-9H2,1-2H3,(H,15,16,17,18). The topological polar surface area (TPSA) is 53.9 Å². The molecule has 0 aliphatic heterocycles. The first-order valence-corrected chi connectivity index (χ1v) is 6.41. The molecule has 100 valence electrons. The second-order valence-electron chi connectivity index (χ2n) is 4.14. The highest BCUT2D eigenvalue weighted by Gasteiger charge is 2.08. The third kappa shape index (κ3) is 3.79. The zero-order valence-electron chi connectivity index (χ0n) is 11.0. The monoisotopic (exact) mass is 277 g/mol. The van der Waals surface area contributed by atoms with Crippen LogP contribution in [0, 0.1) is 0 Å². The number of nitrogens with zero attached hydrogens (tertiary/aromatic N) is 4. The fraction of sp³-hybridized carbons (Fsp3) is 0.308. The first kappa shape index (κ1) is 13.5. The molecule has 0 fully saturated rings. The molecule has 0 bridgehead atoms. The minimum Gasteiger partial charge on any atom is -0.357 e. The summed E-state index contributed by atoms with van der Waals surface area (Å²) in [4.78, 5) is 14.3. The van der Waals surface area contributed by atoms with Gasteiger partial charge in [0.05, 0.1) is 0 Å². The number of likely N-dealkylation sites (N-methyl/N-ethyl adjacent to an activating group) is 1. The van der Waals surface area contributed by atoms with E-state index in [4.69, 9.17) is 11.6 Å². The molecule has 2 aromatic rings. The van der Waals surface area contributed by atoms with Crippen LogP contribution in [-0.2, 0) is 6.42 Å². The van der Waals surface area contributed by atoms with Gasteiger partial charge in [0.1, 0.15) is 0 Å². The first-order valence-electron chi connectivity index (χ1n) is 6.03. The van der Waals surface area contributed by atoms with Gasteiger partial charge >= 0.3 is 0 Å². The van der Waals surface area contributed by atoms with E-state index >= 15 is 0 Å². The van der Waals surface area contributed by atoms with Gasteiger partial charge in [-0.05, 0) is 23.6 Å². The lowest BCUT2D eigenvalue weighted by molar-refractivity contribution is 0.830. The van der Waals surface area contributed by atoms with Crippen LogP contribution in [0.4, 0.5) is 11.9 Å². The van der Waals surface area contributed by atoms with Crippen molar-refractivity contribution in [3.63, 3.8) is 0 Å². The summed E-state index contributed by atoms with van der Waals surface area (Å²) < 4.78 is 0. The van der Waals surface area contributed by atoms with Crippen LogP contribution in [0.3, 0.4) is 0 Å². The molecule has 0 spiro atoms. The quantitative estimate of drug-likeness (QED) is 0.908. The normalized spacial score (nSPS) is 10.3. The van der Waals surface area contributed by atoms with Gasteiger partial charge in [-0.25, -0.2) is 0 Å². The van der Waals surface area contributed by atoms with Crippen molar-refractivity contribution in [1.82, 2.24) is 15.0 Å². The summed E-state index contributed by atoms with van der Waals surface area (Å²) in [6, 6.07) is 10.3. The van der Waals surface area contributed by atoms with Crippen molar-refractivity contribution in [2.45, 2.75) is 6.42 Å². The fourth-order valence-electron chi connectivity index (χ4n) is 1.66. The Morgan fingerprint density at radius 1 is 1.16 bits per heavy atom. The van der Waals surface area contributed by atoms with Crippen LogP contribution in [0.25, 0.3) is 0 Å². The maximum atomic E-state index is 5.86. The largest absolute Gasteiger partial charge is 0.357 e. The molecule has 0 saturated heterocycles. The van der Waals surface area contributed by atoms with E-state index in [2.05, 4.69) is 32.4 Å². The summed E-state index contributed by atoms with van der Waals surface area (Å²) in [6.45, 7) is 0.813. The average Bonchev–Trinajstić information content (AvgIpc) is 2.45. The molecule has 0 saturated carbocycles. The Morgan fingerprint density at radius 3 is 2.58 bits per heavy atom. The van der Waals surface area contributed by atoms with Crippen LogP contribution < -0.4 is 10.2 Å². The van der Waals surface area contributed by atoms with Crippen LogP contribution in [-0.4, -0.2) is 35.6 Å².